The molecule has 0 spiro atoms. The molecule has 22 heavy (non-hydrogen) atoms. The number of nitrogens with one attached hydrogen (secondary N) is 1. The average Bonchev–Trinajstić information content (AvgIpc) is 2.51. The van der Waals surface area contributed by atoms with E-state index in [0.717, 1.165) is 5.56 Å². The molecule has 0 bridgehead atoms. The van der Waals surface area contributed by atoms with Gasteiger partial charge in [-0.25, -0.2) is 13.2 Å². The summed E-state index contributed by atoms with van der Waals surface area (Å²) < 4.78 is 23.0. The zero-order valence-corrected chi connectivity index (χ0v) is 14.1. The fourth-order valence-electron chi connectivity index (χ4n) is 1.91. The van der Waals surface area contributed by atoms with Gasteiger partial charge in [-0.3, -0.25) is 0 Å². The number of hydrogen-bond donors (Lipinski definition) is 2. The van der Waals surface area contributed by atoms with Crippen molar-refractivity contribution in [2.75, 3.05) is 25.1 Å². The maximum Gasteiger partial charge on any atom is 0.317 e. The lowest BCUT2D eigenvalue weighted by molar-refractivity contribution is 0.206. The van der Waals surface area contributed by atoms with Gasteiger partial charge in [-0.05, 0) is 24.1 Å². The standard InChI is InChI=1S/C15H24N2O4S/c1-4-14(12-6-8-13(18)9-7-12)16-15(19)17(3)10-11-22(20,21)5-2/h6-9,14,18H,4-5,10-11H2,1-3H3,(H,16,19)/t14-/m1/s1. The van der Waals surface area contributed by atoms with Crippen LogP contribution in [-0.2, 0) is 9.84 Å². The number of phenols is 1. The molecular formula is C15H24N2O4S. The van der Waals surface area contributed by atoms with E-state index < -0.39 is 9.84 Å². The van der Waals surface area contributed by atoms with Crippen LogP contribution in [0.2, 0.25) is 0 Å². The third-order valence-electron chi connectivity index (χ3n) is 3.53. The van der Waals surface area contributed by atoms with Crippen LogP contribution in [0.1, 0.15) is 31.9 Å². The van der Waals surface area contributed by atoms with Crippen LogP contribution >= 0.6 is 0 Å². The predicted octanol–water partition coefficient (Wildman–Crippen LogP) is 1.92. The van der Waals surface area contributed by atoms with Crippen molar-refractivity contribution in [3.8, 4) is 5.75 Å². The van der Waals surface area contributed by atoms with Gasteiger partial charge in [0.25, 0.3) is 0 Å². The normalized spacial score (nSPS) is 12.7. The number of carbonyl (C=O) groups is 1. The number of sulfone groups is 1. The number of nitrogens with zero attached hydrogens (tertiary/aromatic N) is 1. The Morgan fingerprint density at radius 3 is 2.36 bits per heavy atom. The number of rotatable bonds is 7. The topological polar surface area (TPSA) is 86.7 Å². The van der Waals surface area contributed by atoms with Crippen LogP contribution in [-0.4, -0.2) is 49.6 Å². The monoisotopic (exact) mass is 328 g/mol. The molecular weight excluding hydrogens is 304 g/mol. The minimum atomic E-state index is -3.09. The van der Waals surface area contributed by atoms with Crippen molar-refractivity contribution in [3.05, 3.63) is 29.8 Å². The lowest BCUT2D eigenvalue weighted by Crippen LogP contribution is -2.41. The van der Waals surface area contributed by atoms with Gasteiger partial charge in [0.2, 0.25) is 0 Å². The molecule has 124 valence electrons. The summed E-state index contributed by atoms with van der Waals surface area (Å²) in [4.78, 5) is 13.5. The molecule has 2 N–H and O–H groups in total. The number of urea groups is 1. The fraction of sp³-hybridized carbons (Fsp3) is 0.533. The molecule has 7 heteroatoms. The number of benzene rings is 1. The lowest BCUT2D eigenvalue weighted by Gasteiger charge is -2.23. The Balaban J connectivity index is 2.63. The second kappa shape index (κ2) is 8.03. The van der Waals surface area contributed by atoms with Crippen LogP contribution < -0.4 is 5.32 Å². The molecule has 1 aromatic carbocycles. The maximum absolute atomic E-state index is 12.1. The predicted molar refractivity (Wildman–Crippen MR) is 86.6 cm³/mol. The van der Waals surface area contributed by atoms with E-state index in [2.05, 4.69) is 5.32 Å². The van der Waals surface area contributed by atoms with Crippen molar-refractivity contribution in [2.45, 2.75) is 26.3 Å². The Hall–Kier alpha value is -1.76. The van der Waals surface area contributed by atoms with Crippen LogP contribution in [0.15, 0.2) is 24.3 Å². The second-order valence-corrected chi connectivity index (χ2v) is 7.63. The molecule has 2 amide bonds. The molecule has 0 saturated carbocycles. The molecule has 1 rings (SSSR count). The molecule has 6 nitrogen and oxygen atoms in total. The molecule has 0 aliphatic rings. The summed E-state index contributed by atoms with van der Waals surface area (Å²) in [5, 5.41) is 12.2. The van der Waals surface area contributed by atoms with E-state index in [1.54, 1.807) is 38.2 Å². The zero-order valence-electron chi connectivity index (χ0n) is 13.2. The van der Waals surface area contributed by atoms with Crippen LogP contribution in [0.25, 0.3) is 0 Å². The molecule has 1 atom stereocenters. The summed E-state index contributed by atoms with van der Waals surface area (Å²) in [5.74, 6) is 0.212. The third kappa shape index (κ3) is 5.55. The minimum absolute atomic E-state index is 0.0383. The molecule has 0 aliphatic heterocycles. The maximum atomic E-state index is 12.1. The van der Waals surface area contributed by atoms with Crippen molar-refractivity contribution < 1.29 is 18.3 Å². The van der Waals surface area contributed by atoms with E-state index in [4.69, 9.17) is 0 Å². The van der Waals surface area contributed by atoms with Gasteiger partial charge in [0, 0.05) is 19.3 Å². The first-order chi connectivity index (χ1) is 10.3. The van der Waals surface area contributed by atoms with Crippen LogP contribution in [0, 0.1) is 0 Å². The molecule has 0 radical (unpaired) electrons. The van der Waals surface area contributed by atoms with E-state index >= 15 is 0 Å². The number of hydrogen-bond acceptors (Lipinski definition) is 4. The summed E-state index contributed by atoms with van der Waals surface area (Å²) >= 11 is 0. The van der Waals surface area contributed by atoms with Gasteiger partial charge in [-0.15, -0.1) is 0 Å². The Morgan fingerprint density at radius 1 is 1.27 bits per heavy atom. The molecule has 0 saturated heterocycles. The molecule has 0 aliphatic carbocycles. The Morgan fingerprint density at radius 2 is 1.86 bits per heavy atom. The summed E-state index contributed by atoms with van der Waals surface area (Å²) in [6.45, 7) is 3.70. The van der Waals surface area contributed by atoms with E-state index in [0.29, 0.717) is 6.42 Å². The van der Waals surface area contributed by atoms with E-state index in [-0.39, 0.29) is 35.9 Å². The number of carbonyl (C=O) groups excluding carboxylic acids is 1. The van der Waals surface area contributed by atoms with Gasteiger partial charge in [-0.2, -0.15) is 0 Å². The van der Waals surface area contributed by atoms with Crippen LogP contribution in [0.4, 0.5) is 4.79 Å². The molecule has 0 unspecified atom stereocenters. The highest BCUT2D eigenvalue weighted by atomic mass is 32.2. The smallest absolute Gasteiger partial charge is 0.317 e. The number of amides is 2. The van der Waals surface area contributed by atoms with E-state index in [1.807, 2.05) is 6.92 Å². The second-order valence-electron chi connectivity index (χ2n) is 5.16. The van der Waals surface area contributed by atoms with Gasteiger partial charge in [0.1, 0.15) is 5.75 Å². The molecule has 0 fully saturated rings. The summed E-state index contributed by atoms with van der Waals surface area (Å²) in [5.41, 5.74) is 0.892. The van der Waals surface area contributed by atoms with Gasteiger partial charge < -0.3 is 15.3 Å². The minimum Gasteiger partial charge on any atom is -0.508 e. The molecule has 1 aromatic rings. The SMILES string of the molecule is CC[C@@H](NC(=O)N(C)CCS(=O)(=O)CC)c1ccc(O)cc1. The Kier molecular flexibility index (Phi) is 6.67. The first kappa shape index (κ1) is 18.3. The van der Waals surface area contributed by atoms with Crippen LogP contribution in [0.3, 0.4) is 0 Å². The quantitative estimate of drug-likeness (QED) is 0.800. The zero-order chi connectivity index (χ0) is 16.8. The summed E-state index contributed by atoms with van der Waals surface area (Å²) in [6, 6.07) is 6.16. The van der Waals surface area contributed by atoms with Crippen LogP contribution in [0.5, 0.6) is 5.75 Å². The Labute approximate surface area is 132 Å². The summed E-state index contributed by atoms with van der Waals surface area (Å²) in [6.07, 6.45) is 0.692. The first-order valence-electron chi connectivity index (χ1n) is 7.30. The fourth-order valence-corrected chi connectivity index (χ4v) is 2.75. The first-order valence-corrected chi connectivity index (χ1v) is 9.12. The number of aromatic hydroxyl groups is 1. The highest BCUT2D eigenvalue weighted by molar-refractivity contribution is 7.91. The lowest BCUT2D eigenvalue weighted by atomic mass is 10.0. The number of phenolic OH excluding ortho intramolecular Hbond substituents is 1. The van der Waals surface area contributed by atoms with Crippen molar-refractivity contribution in [1.29, 1.82) is 0 Å². The van der Waals surface area contributed by atoms with Gasteiger partial charge in [-0.1, -0.05) is 26.0 Å². The largest absolute Gasteiger partial charge is 0.508 e. The van der Waals surface area contributed by atoms with Gasteiger partial charge in [0.05, 0.1) is 11.8 Å². The molecule has 0 aromatic heterocycles. The van der Waals surface area contributed by atoms with Gasteiger partial charge >= 0.3 is 6.03 Å². The van der Waals surface area contributed by atoms with Crippen molar-refractivity contribution in [2.24, 2.45) is 0 Å². The van der Waals surface area contributed by atoms with Gasteiger partial charge in [0.15, 0.2) is 9.84 Å². The van der Waals surface area contributed by atoms with Crippen molar-refractivity contribution in [1.82, 2.24) is 10.2 Å². The molecule has 0 heterocycles. The van der Waals surface area contributed by atoms with Crippen molar-refractivity contribution in [3.63, 3.8) is 0 Å². The van der Waals surface area contributed by atoms with E-state index in [1.165, 1.54) is 4.90 Å². The Bertz CT molecular complexity index is 584. The highest BCUT2D eigenvalue weighted by Gasteiger charge is 2.17. The highest BCUT2D eigenvalue weighted by Crippen LogP contribution is 2.19. The third-order valence-corrected chi connectivity index (χ3v) is 5.21. The van der Waals surface area contributed by atoms with E-state index in [9.17, 15) is 18.3 Å². The summed E-state index contributed by atoms with van der Waals surface area (Å²) in [7, 11) is -1.52. The van der Waals surface area contributed by atoms with Crippen molar-refractivity contribution >= 4 is 15.9 Å². The average molecular weight is 328 g/mol.